The Labute approximate surface area is 156 Å². The highest BCUT2D eigenvalue weighted by atomic mass is 35.5. The van der Waals surface area contributed by atoms with Crippen LogP contribution in [0.3, 0.4) is 0 Å². The molecule has 4 N–H and O–H groups in total. The summed E-state index contributed by atoms with van der Waals surface area (Å²) in [4.78, 5) is 24.4. The van der Waals surface area contributed by atoms with Crippen LogP contribution in [-0.4, -0.2) is 39.1 Å². The molecule has 0 unspecified atom stereocenters. The lowest BCUT2D eigenvalue weighted by atomic mass is 10.1. The number of carbonyl (C=O) groups excluding carboxylic acids is 2. The molecular weight excluding hydrogens is 358 g/mol. The van der Waals surface area contributed by atoms with E-state index < -0.39 is 0 Å². The summed E-state index contributed by atoms with van der Waals surface area (Å²) in [6.45, 7) is 0.690. The van der Waals surface area contributed by atoms with E-state index in [4.69, 9.17) is 26.8 Å². The minimum Gasteiger partial charge on any atom is -0.493 e. The fraction of sp³-hybridized carbons (Fsp3) is 0.222. The highest BCUT2D eigenvalue weighted by molar-refractivity contribution is 6.34. The maximum Gasteiger partial charge on any atom is 0.255 e. The Morgan fingerprint density at radius 2 is 1.77 bits per heavy atom. The smallest absolute Gasteiger partial charge is 0.255 e. The first-order valence-corrected chi connectivity index (χ1v) is 8.19. The number of carbonyl (C=O) groups is 2. The van der Waals surface area contributed by atoms with Crippen LogP contribution in [0.4, 0.5) is 5.69 Å². The average Bonchev–Trinajstić information content (AvgIpc) is 2.65. The van der Waals surface area contributed by atoms with Gasteiger partial charge in [-0.3, -0.25) is 9.59 Å². The molecule has 8 heteroatoms. The average molecular weight is 378 g/mol. The van der Waals surface area contributed by atoms with Crippen molar-refractivity contribution in [2.24, 2.45) is 5.73 Å². The zero-order chi connectivity index (χ0) is 19.1. The number of benzene rings is 2. The molecule has 0 radical (unpaired) electrons. The fourth-order valence-corrected chi connectivity index (χ4v) is 2.51. The van der Waals surface area contributed by atoms with E-state index in [0.717, 1.165) is 0 Å². The van der Waals surface area contributed by atoms with Crippen LogP contribution in [0.15, 0.2) is 36.4 Å². The van der Waals surface area contributed by atoms with Gasteiger partial charge in [0.15, 0.2) is 11.5 Å². The van der Waals surface area contributed by atoms with Crippen LogP contribution in [0.25, 0.3) is 0 Å². The third kappa shape index (κ3) is 4.65. The molecule has 138 valence electrons. The molecule has 0 saturated carbocycles. The van der Waals surface area contributed by atoms with Crippen LogP contribution >= 0.6 is 11.6 Å². The number of hydrogen-bond acceptors (Lipinski definition) is 5. The maximum absolute atomic E-state index is 12.4. The van der Waals surface area contributed by atoms with E-state index in [1.54, 1.807) is 30.3 Å². The Hall–Kier alpha value is -2.77. The monoisotopic (exact) mass is 377 g/mol. The van der Waals surface area contributed by atoms with E-state index in [1.807, 2.05) is 0 Å². The third-order valence-electron chi connectivity index (χ3n) is 3.55. The van der Waals surface area contributed by atoms with Crippen molar-refractivity contribution >= 4 is 29.1 Å². The van der Waals surface area contributed by atoms with Gasteiger partial charge in [-0.1, -0.05) is 11.6 Å². The first-order chi connectivity index (χ1) is 12.5. The van der Waals surface area contributed by atoms with E-state index in [1.165, 1.54) is 20.3 Å². The van der Waals surface area contributed by atoms with Gasteiger partial charge in [-0.25, -0.2) is 0 Å². The molecule has 2 rings (SSSR count). The van der Waals surface area contributed by atoms with Crippen molar-refractivity contribution in [2.75, 3.05) is 32.6 Å². The van der Waals surface area contributed by atoms with Gasteiger partial charge in [0.05, 0.1) is 24.8 Å². The molecule has 26 heavy (non-hydrogen) atoms. The van der Waals surface area contributed by atoms with Crippen LogP contribution in [0, 0.1) is 0 Å². The number of rotatable bonds is 7. The lowest BCUT2D eigenvalue weighted by Gasteiger charge is -2.11. The highest BCUT2D eigenvalue weighted by Gasteiger charge is 2.14. The minimum atomic E-state index is -0.345. The van der Waals surface area contributed by atoms with E-state index in [-0.39, 0.29) is 16.8 Å². The summed E-state index contributed by atoms with van der Waals surface area (Å²) >= 11 is 6.14. The minimum absolute atomic E-state index is 0.227. The normalized spacial score (nSPS) is 10.2. The Kier molecular flexibility index (Phi) is 6.82. The Balaban J connectivity index is 2.14. The van der Waals surface area contributed by atoms with Crippen LogP contribution in [-0.2, 0) is 0 Å². The van der Waals surface area contributed by atoms with Crippen LogP contribution in [0.1, 0.15) is 20.7 Å². The molecule has 7 nitrogen and oxygen atoms in total. The first-order valence-electron chi connectivity index (χ1n) is 7.81. The number of halogens is 1. The quantitative estimate of drug-likeness (QED) is 0.687. The molecule has 0 bridgehead atoms. The second-order valence-corrected chi connectivity index (χ2v) is 5.67. The molecule has 0 heterocycles. The predicted molar refractivity (Wildman–Crippen MR) is 100 cm³/mol. The van der Waals surface area contributed by atoms with Crippen molar-refractivity contribution in [3.63, 3.8) is 0 Å². The molecular formula is C18H20ClN3O4. The molecule has 0 fully saturated rings. The largest absolute Gasteiger partial charge is 0.493 e. The summed E-state index contributed by atoms with van der Waals surface area (Å²) in [5, 5.41) is 5.59. The van der Waals surface area contributed by atoms with Gasteiger partial charge < -0.3 is 25.8 Å². The van der Waals surface area contributed by atoms with Crippen molar-refractivity contribution in [1.82, 2.24) is 5.32 Å². The molecule has 0 aliphatic heterocycles. The Morgan fingerprint density at radius 1 is 1.04 bits per heavy atom. The zero-order valence-corrected chi connectivity index (χ0v) is 15.2. The standard InChI is InChI=1S/C18H20ClN3O4/c1-25-15-6-3-11(9-16(15)26-2)17(23)22-12-4-5-13(14(19)10-12)18(24)21-8-7-20/h3-6,9-10H,7-8,20H2,1-2H3,(H,21,24)(H,22,23). The molecule has 0 aliphatic carbocycles. The van der Waals surface area contributed by atoms with Crippen molar-refractivity contribution < 1.29 is 19.1 Å². The molecule has 0 aromatic heterocycles. The summed E-state index contributed by atoms with van der Waals surface area (Å²) in [7, 11) is 3.01. The highest BCUT2D eigenvalue weighted by Crippen LogP contribution is 2.28. The summed E-state index contributed by atoms with van der Waals surface area (Å²) < 4.78 is 10.3. The van der Waals surface area contributed by atoms with E-state index in [0.29, 0.717) is 41.4 Å². The van der Waals surface area contributed by atoms with Crippen LogP contribution in [0.2, 0.25) is 5.02 Å². The first kappa shape index (κ1) is 19.6. The van der Waals surface area contributed by atoms with Gasteiger partial charge in [-0.15, -0.1) is 0 Å². The maximum atomic E-state index is 12.4. The van der Waals surface area contributed by atoms with Gasteiger partial charge in [0, 0.05) is 24.3 Å². The zero-order valence-electron chi connectivity index (χ0n) is 14.5. The molecule has 0 atom stereocenters. The van der Waals surface area contributed by atoms with E-state index in [9.17, 15) is 9.59 Å². The third-order valence-corrected chi connectivity index (χ3v) is 3.86. The van der Waals surface area contributed by atoms with Gasteiger partial charge in [-0.05, 0) is 36.4 Å². The van der Waals surface area contributed by atoms with E-state index >= 15 is 0 Å². The fourth-order valence-electron chi connectivity index (χ4n) is 2.24. The van der Waals surface area contributed by atoms with Crippen molar-refractivity contribution in [2.45, 2.75) is 0 Å². The second-order valence-electron chi connectivity index (χ2n) is 5.26. The van der Waals surface area contributed by atoms with E-state index in [2.05, 4.69) is 10.6 Å². The molecule has 2 amide bonds. The van der Waals surface area contributed by atoms with Crippen molar-refractivity contribution in [1.29, 1.82) is 0 Å². The predicted octanol–water partition coefficient (Wildman–Crippen LogP) is 2.30. The van der Waals surface area contributed by atoms with Gasteiger partial charge in [0.25, 0.3) is 11.8 Å². The van der Waals surface area contributed by atoms with Crippen molar-refractivity contribution in [3.05, 3.63) is 52.5 Å². The van der Waals surface area contributed by atoms with Gasteiger partial charge in [0.1, 0.15) is 0 Å². The molecule has 2 aromatic carbocycles. The molecule has 2 aromatic rings. The molecule has 0 spiro atoms. The lowest BCUT2D eigenvalue weighted by Crippen LogP contribution is -2.29. The number of nitrogens with one attached hydrogen (secondary N) is 2. The summed E-state index contributed by atoms with van der Waals surface area (Å²) in [5.74, 6) is 0.311. The summed E-state index contributed by atoms with van der Waals surface area (Å²) in [6.07, 6.45) is 0. The number of amides is 2. The van der Waals surface area contributed by atoms with Crippen LogP contribution in [0.5, 0.6) is 11.5 Å². The number of methoxy groups -OCH3 is 2. The number of anilines is 1. The van der Waals surface area contributed by atoms with Crippen LogP contribution < -0.4 is 25.8 Å². The number of hydrogen-bond donors (Lipinski definition) is 3. The topological polar surface area (TPSA) is 103 Å². The Bertz CT molecular complexity index is 811. The van der Waals surface area contributed by atoms with Gasteiger partial charge in [0.2, 0.25) is 0 Å². The number of ether oxygens (including phenoxy) is 2. The molecule has 0 saturated heterocycles. The lowest BCUT2D eigenvalue weighted by molar-refractivity contribution is 0.0954. The second kappa shape index (κ2) is 9.07. The number of nitrogens with two attached hydrogens (primary N) is 1. The van der Waals surface area contributed by atoms with Crippen molar-refractivity contribution in [3.8, 4) is 11.5 Å². The van der Waals surface area contributed by atoms with Gasteiger partial charge in [-0.2, -0.15) is 0 Å². The summed E-state index contributed by atoms with van der Waals surface area (Å²) in [6, 6.07) is 9.49. The molecule has 0 aliphatic rings. The summed E-state index contributed by atoms with van der Waals surface area (Å²) in [5.41, 5.74) is 6.52. The Morgan fingerprint density at radius 3 is 2.38 bits per heavy atom. The SMILES string of the molecule is COc1ccc(C(=O)Nc2ccc(C(=O)NCCN)c(Cl)c2)cc1OC. The van der Waals surface area contributed by atoms with Gasteiger partial charge >= 0.3 is 0 Å².